The van der Waals surface area contributed by atoms with Crippen molar-refractivity contribution in [2.45, 2.75) is 46.0 Å². The smallest absolute Gasteiger partial charge is 0.409 e. The zero-order valence-corrected chi connectivity index (χ0v) is 20.5. The summed E-state index contributed by atoms with van der Waals surface area (Å²) in [6, 6.07) is 17.2. The minimum absolute atomic E-state index is 0.123. The summed E-state index contributed by atoms with van der Waals surface area (Å²) in [7, 11) is 0. The van der Waals surface area contributed by atoms with E-state index < -0.39 is 0 Å². The van der Waals surface area contributed by atoms with Gasteiger partial charge in [0, 0.05) is 32.6 Å². The van der Waals surface area contributed by atoms with Crippen molar-refractivity contribution in [1.82, 2.24) is 9.80 Å². The van der Waals surface area contributed by atoms with Gasteiger partial charge < -0.3 is 14.5 Å². The van der Waals surface area contributed by atoms with Crippen molar-refractivity contribution in [3.05, 3.63) is 76.9 Å². The van der Waals surface area contributed by atoms with Crippen molar-refractivity contribution in [2.24, 2.45) is 5.92 Å². The first-order valence-corrected chi connectivity index (χ1v) is 12.7. The van der Waals surface area contributed by atoms with Crippen LogP contribution in [0.4, 0.5) is 4.79 Å². The minimum atomic E-state index is -0.308. The number of rotatable bonds is 6. The van der Waals surface area contributed by atoms with Gasteiger partial charge in [-0.15, -0.1) is 0 Å². The predicted octanol–water partition coefficient (Wildman–Crippen LogP) is 5.32. The molecule has 0 aromatic heterocycles. The molecule has 0 saturated carbocycles. The SMILES string of the molecule is CCN(CC)C(=O)C1CCCN(C(=O)OCCC=C2c3ccccc3CCc3ccccc32)C1. The van der Waals surface area contributed by atoms with Crippen molar-refractivity contribution in [3.63, 3.8) is 0 Å². The number of benzene rings is 2. The Hall–Kier alpha value is -3.08. The Labute approximate surface area is 203 Å². The van der Waals surface area contributed by atoms with Crippen LogP contribution < -0.4 is 0 Å². The number of nitrogens with zero attached hydrogens (tertiary/aromatic N) is 2. The molecule has 0 bridgehead atoms. The summed E-state index contributed by atoms with van der Waals surface area (Å²) in [6.07, 6.45) is 6.29. The van der Waals surface area contributed by atoms with Crippen LogP contribution in [0.15, 0.2) is 54.6 Å². The average molecular weight is 461 g/mol. The number of hydrogen-bond donors (Lipinski definition) is 0. The molecule has 2 aromatic carbocycles. The van der Waals surface area contributed by atoms with Gasteiger partial charge in [0.1, 0.15) is 0 Å². The zero-order chi connectivity index (χ0) is 23.9. The highest BCUT2D eigenvalue weighted by atomic mass is 16.6. The second-order valence-electron chi connectivity index (χ2n) is 9.13. The van der Waals surface area contributed by atoms with Gasteiger partial charge in [0.2, 0.25) is 5.91 Å². The van der Waals surface area contributed by atoms with Gasteiger partial charge >= 0.3 is 6.09 Å². The molecule has 1 saturated heterocycles. The largest absolute Gasteiger partial charge is 0.449 e. The molecule has 1 aliphatic carbocycles. The van der Waals surface area contributed by atoms with Crippen LogP contribution in [-0.4, -0.2) is 54.6 Å². The van der Waals surface area contributed by atoms with Crippen LogP contribution in [0.3, 0.4) is 0 Å². The summed E-state index contributed by atoms with van der Waals surface area (Å²) in [5, 5.41) is 0. The highest BCUT2D eigenvalue weighted by Gasteiger charge is 2.31. The zero-order valence-electron chi connectivity index (χ0n) is 20.5. The van der Waals surface area contributed by atoms with E-state index in [1.165, 1.54) is 27.8 Å². The van der Waals surface area contributed by atoms with Gasteiger partial charge in [-0.1, -0.05) is 54.6 Å². The number of hydrogen-bond acceptors (Lipinski definition) is 3. The van der Waals surface area contributed by atoms with E-state index in [2.05, 4.69) is 54.6 Å². The third kappa shape index (κ3) is 5.35. The first kappa shape index (κ1) is 24.1. The Bertz CT molecular complexity index is 992. The Morgan fingerprint density at radius 3 is 2.24 bits per heavy atom. The summed E-state index contributed by atoms with van der Waals surface area (Å²) in [6.45, 7) is 6.84. The van der Waals surface area contributed by atoms with E-state index in [1.807, 2.05) is 18.7 Å². The van der Waals surface area contributed by atoms with Gasteiger partial charge in [-0.2, -0.15) is 0 Å². The molecule has 4 rings (SSSR count). The first-order chi connectivity index (χ1) is 16.6. The molecule has 0 radical (unpaired) electrons. The van der Waals surface area contributed by atoms with Crippen molar-refractivity contribution in [3.8, 4) is 0 Å². The number of ether oxygens (including phenoxy) is 1. The fourth-order valence-electron chi connectivity index (χ4n) is 5.22. The summed E-state index contributed by atoms with van der Waals surface area (Å²) < 4.78 is 5.64. The van der Waals surface area contributed by atoms with E-state index in [1.54, 1.807) is 4.90 Å². The molecule has 2 aromatic rings. The van der Waals surface area contributed by atoms with E-state index in [4.69, 9.17) is 4.74 Å². The Morgan fingerprint density at radius 2 is 1.62 bits per heavy atom. The van der Waals surface area contributed by atoms with Crippen molar-refractivity contribution >= 4 is 17.6 Å². The molecule has 1 atom stereocenters. The lowest BCUT2D eigenvalue weighted by atomic mass is 9.93. The number of likely N-dealkylation sites (tertiary alicyclic amines) is 1. The lowest BCUT2D eigenvalue weighted by Gasteiger charge is -2.33. The molecule has 5 nitrogen and oxygen atoms in total. The normalized spacial score (nSPS) is 17.3. The number of carbonyl (C=O) groups is 2. The maximum absolute atomic E-state index is 12.7. The summed E-state index contributed by atoms with van der Waals surface area (Å²) in [5.74, 6) is 0.0280. The minimum Gasteiger partial charge on any atom is -0.449 e. The molecule has 5 heteroatoms. The molecule has 1 unspecified atom stereocenters. The number of piperidine rings is 1. The summed E-state index contributed by atoms with van der Waals surface area (Å²) in [4.78, 5) is 29.0. The number of fused-ring (bicyclic) bond motifs is 2. The van der Waals surface area contributed by atoms with E-state index in [0.29, 0.717) is 39.2 Å². The van der Waals surface area contributed by atoms with E-state index in [-0.39, 0.29) is 17.9 Å². The van der Waals surface area contributed by atoms with Crippen LogP contribution in [0.5, 0.6) is 0 Å². The third-order valence-electron chi connectivity index (χ3n) is 7.07. The monoisotopic (exact) mass is 460 g/mol. The van der Waals surface area contributed by atoms with Gasteiger partial charge in [-0.05, 0) is 67.4 Å². The van der Waals surface area contributed by atoms with Crippen LogP contribution in [-0.2, 0) is 22.4 Å². The molecule has 0 N–H and O–H groups in total. The van der Waals surface area contributed by atoms with Crippen molar-refractivity contribution < 1.29 is 14.3 Å². The molecule has 2 aliphatic rings. The molecular weight excluding hydrogens is 424 g/mol. The molecule has 1 aliphatic heterocycles. The van der Waals surface area contributed by atoms with Crippen LogP contribution in [0, 0.1) is 5.92 Å². The van der Waals surface area contributed by atoms with Crippen molar-refractivity contribution in [1.29, 1.82) is 0 Å². The lowest BCUT2D eigenvalue weighted by Crippen LogP contribution is -2.46. The van der Waals surface area contributed by atoms with Gasteiger partial charge in [0.25, 0.3) is 0 Å². The second kappa shape index (κ2) is 11.4. The first-order valence-electron chi connectivity index (χ1n) is 12.7. The maximum Gasteiger partial charge on any atom is 0.409 e. The van der Waals surface area contributed by atoms with E-state index in [9.17, 15) is 9.59 Å². The fraction of sp³-hybridized carbons (Fsp3) is 0.448. The molecule has 1 heterocycles. The second-order valence-corrected chi connectivity index (χ2v) is 9.13. The Morgan fingerprint density at radius 1 is 1.00 bits per heavy atom. The van der Waals surface area contributed by atoms with E-state index >= 15 is 0 Å². The molecule has 0 spiro atoms. The van der Waals surface area contributed by atoms with Gasteiger partial charge in [0.05, 0.1) is 12.5 Å². The lowest BCUT2D eigenvalue weighted by molar-refractivity contribution is -0.136. The summed E-state index contributed by atoms with van der Waals surface area (Å²) in [5.41, 5.74) is 6.49. The number of aryl methyl sites for hydroxylation is 2. The molecule has 34 heavy (non-hydrogen) atoms. The van der Waals surface area contributed by atoms with Crippen LogP contribution in [0.25, 0.3) is 5.57 Å². The maximum atomic E-state index is 12.7. The van der Waals surface area contributed by atoms with E-state index in [0.717, 1.165) is 25.7 Å². The third-order valence-corrected chi connectivity index (χ3v) is 7.07. The fourth-order valence-corrected chi connectivity index (χ4v) is 5.22. The molecule has 180 valence electrons. The quantitative estimate of drug-likeness (QED) is 0.548. The summed E-state index contributed by atoms with van der Waals surface area (Å²) >= 11 is 0. The van der Waals surface area contributed by atoms with Gasteiger partial charge in [0.15, 0.2) is 0 Å². The van der Waals surface area contributed by atoms with Crippen LogP contribution in [0.2, 0.25) is 0 Å². The predicted molar refractivity (Wildman–Crippen MR) is 136 cm³/mol. The number of amides is 2. The standard InChI is InChI=1S/C29H36N2O3/c1-3-30(4-2)28(32)24-13-9-19-31(21-24)29(33)34-20-10-16-27-25-14-7-5-11-22(25)17-18-23-12-6-8-15-26(23)27/h5-8,11-12,14-16,24H,3-4,9-10,13,17-21H2,1-2H3. The Balaban J connectivity index is 1.39. The molecule has 1 fully saturated rings. The molecular formula is C29H36N2O3. The number of carbonyl (C=O) groups excluding carboxylic acids is 2. The van der Waals surface area contributed by atoms with Crippen LogP contribution >= 0.6 is 0 Å². The highest BCUT2D eigenvalue weighted by molar-refractivity contribution is 5.84. The molecule has 2 amide bonds. The topological polar surface area (TPSA) is 49.9 Å². The van der Waals surface area contributed by atoms with Gasteiger partial charge in [-0.3, -0.25) is 4.79 Å². The Kier molecular flexibility index (Phi) is 8.04. The van der Waals surface area contributed by atoms with Crippen LogP contribution in [0.1, 0.15) is 55.4 Å². The average Bonchev–Trinajstić information content (AvgIpc) is 3.04. The highest BCUT2D eigenvalue weighted by Crippen LogP contribution is 2.33. The van der Waals surface area contributed by atoms with Crippen molar-refractivity contribution in [2.75, 3.05) is 32.8 Å². The van der Waals surface area contributed by atoms with Gasteiger partial charge in [-0.25, -0.2) is 4.79 Å².